The normalized spacial score (nSPS) is 11.2. The van der Waals surface area contributed by atoms with Gasteiger partial charge in [-0.2, -0.15) is 0 Å². The molecule has 1 aromatic carbocycles. The highest BCUT2D eigenvalue weighted by molar-refractivity contribution is 7.91. The lowest BCUT2D eigenvalue weighted by molar-refractivity contribution is 0.0522. The largest absolute Gasteiger partial charge is 0.462 e. The third-order valence-corrected chi connectivity index (χ3v) is 4.16. The van der Waals surface area contributed by atoms with Gasteiger partial charge in [-0.1, -0.05) is 19.1 Å². The Morgan fingerprint density at radius 1 is 1.24 bits per heavy atom. The van der Waals surface area contributed by atoms with E-state index in [0.29, 0.717) is 6.42 Å². The molecule has 1 rings (SSSR count). The van der Waals surface area contributed by atoms with Gasteiger partial charge in [-0.3, -0.25) is 0 Å². The zero-order chi connectivity index (χ0) is 12.9. The maximum atomic E-state index is 12.0. The van der Waals surface area contributed by atoms with Crippen molar-refractivity contribution in [2.24, 2.45) is 0 Å². The predicted molar refractivity (Wildman–Crippen MR) is 64.7 cm³/mol. The minimum absolute atomic E-state index is 0.0312. The molecule has 4 nitrogen and oxygen atoms in total. The molecule has 0 aliphatic rings. The number of ether oxygens (including phenoxy) is 1. The van der Waals surface area contributed by atoms with Crippen molar-refractivity contribution in [1.29, 1.82) is 0 Å². The van der Waals surface area contributed by atoms with Gasteiger partial charge < -0.3 is 4.74 Å². The van der Waals surface area contributed by atoms with E-state index in [0.717, 1.165) is 0 Å². The SMILES string of the molecule is CCCS(=O)(=O)c1ccccc1C(=O)OCC. The topological polar surface area (TPSA) is 60.4 Å². The average molecular weight is 256 g/mol. The maximum absolute atomic E-state index is 12.0. The number of esters is 1. The highest BCUT2D eigenvalue weighted by Gasteiger charge is 2.21. The van der Waals surface area contributed by atoms with Crippen LogP contribution in [-0.2, 0) is 14.6 Å². The lowest BCUT2D eigenvalue weighted by Crippen LogP contribution is -2.14. The molecule has 1 aromatic rings. The molecular weight excluding hydrogens is 240 g/mol. The molecule has 0 heterocycles. The molecule has 0 bridgehead atoms. The van der Waals surface area contributed by atoms with Crippen LogP contribution in [0.5, 0.6) is 0 Å². The van der Waals surface area contributed by atoms with E-state index in [2.05, 4.69) is 0 Å². The Bertz CT molecular complexity index is 491. The van der Waals surface area contributed by atoms with Crippen molar-refractivity contribution >= 4 is 15.8 Å². The van der Waals surface area contributed by atoms with E-state index >= 15 is 0 Å². The molecule has 0 atom stereocenters. The number of benzene rings is 1. The minimum atomic E-state index is -3.41. The lowest BCUT2D eigenvalue weighted by Gasteiger charge is -2.08. The molecule has 0 aliphatic heterocycles. The molecule has 0 fully saturated rings. The van der Waals surface area contributed by atoms with Gasteiger partial charge in [0.1, 0.15) is 0 Å². The first-order valence-electron chi connectivity index (χ1n) is 5.51. The number of rotatable bonds is 5. The smallest absolute Gasteiger partial charge is 0.339 e. The summed E-state index contributed by atoms with van der Waals surface area (Å²) < 4.78 is 28.7. The van der Waals surface area contributed by atoms with Gasteiger partial charge >= 0.3 is 5.97 Å². The van der Waals surface area contributed by atoms with Crippen molar-refractivity contribution in [3.05, 3.63) is 29.8 Å². The number of hydrogen-bond donors (Lipinski definition) is 0. The van der Waals surface area contributed by atoms with E-state index in [4.69, 9.17) is 4.74 Å². The summed E-state index contributed by atoms with van der Waals surface area (Å²) in [5.41, 5.74) is 0.114. The summed E-state index contributed by atoms with van der Waals surface area (Å²) in [5.74, 6) is -0.563. The molecule has 17 heavy (non-hydrogen) atoms. The Labute approximate surface area is 102 Å². The molecule has 0 aromatic heterocycles. The third-order valence-electron chi connectivity index (χ3n) is 2.19. The monoisotopic (exact) mass is 256 g/mol. The van der Waals surface area contributed by atoms with Crippen molar-refractivity contribution in [3.63, 3.8) is 0 Å². The number of hydrogen-bond acceptors (Lipinski definition) is 4. The van der Waals surface area contributed by atoms with Crippen LogP contribution in [0.2, 0.25) is 0 Å². The van der Waals surface area contributed by atoms with Crippen molar-refractivity contribution in [2.45, 2.75) is 25.2 Å². The second kappa shape index (κ2) is 5.82. The van der Waals surface area contributed by atoms with Gasteiger partial charge in [-0.25, -0.2) is 13.2 Å². The van der Waals surface area contributed by atoms with Crippen LogP contribution in [0.3, 0.4) is 0 Å². The summed E-state index contributed by atoms with van der Waals surface area (Å²) in [6.07, 6.45) is 0.513. The van der Waals surface area contributed by atoms with E-state index in [1.165, 1.54) is 12.1 Å². The van der Waals surface area contributed by atoms with Crippen LogP contribution in [0.4, 0.5) is 0 Å². The summed E-state index contributed by atoms with van der Waals surface area (Å²) in [7, 11) is -3.41. The maximum Gasteiger partial charge on any atom is 0.339 e. The molecule has 94 valence electrons. The predicted octanol–water partition coefficient (Wildman–Crippen LogP) is 2.05. The van der Waals surface area contributed by atoms with Crippen molar-refractivity contribution < 1.29 is 17.9 Å². The Balaban J connectivity index is 3.21. The Hall–Kier alpha value is -1.36. The first kappa shape index (κ1) is 13.7. The first-order valence-corrected chi connectivity index (χ1v) is 7.17. The quantitative estimate of drug-likeness (QED) is 0.756. The van der Waals surface area contributed by atoms with Crippen molar-refractivity contribution in [2.75, 3.05) is 12.4 Å². The van der Waals surface area contributed by atoms with E-state index < -0.39 is 15.8 Å². The second-order valence-corrected chi connectivity index (χ2v) is 5.61. The van der Waals surface area contributed by atoms with Gasteiger partial charge in [-0.15, -0.1) is 0 Å². The summed E-state index contributed by atoms with van der Waals surface area (Å²) in [6.45, 7) is 3.69. The van der Waals surface area contributed by atoms with Gasteiger partial charge in [0, 0.05) is 0 Å². The zero-order valence-electron chi connectivity index (χ0n) is 9.97. The lowest BCUT2D eigenvalue weighted by atomic mass is 10.2. The van der Waals surface area contributed by atoms with Gasteiger partial charge in [0.2, 0.25) is 0 Å². The van der Waals surface area contributed by atoms with E-state index in [1.807, 2.05) is 0 Å². The fourth-order valence-corrected chi connectivity index (χ4v) is 3.02. The van der Waals surface area contributed by atoms with Crippen LogP contribution in [0.25, 0.3) is 0 Å². The zero-order valence-corrected chi connectivity index (χ0v) is 10.8. The minimum Gasteiger partial charge on any atom is -0.462 e. The van der Waals surface area contributed by atoms with Crippen molar-refractivity contribution in [3.8, 4) is 0 Å². The van der Waals surface area contributed by atoms with Crippen LogP contribution >= 0.6 is 0 Å². The van der Waals surface area contributed by atoms with Crippen LogP contribution in [0.1, 0.15) is 30.6 Å². The molecule has 0 radical (unpaired) electrons. The molecule has 0 saturated carbocycles. The summed E-state index contributed by atoms with van der Waals surface area (Å²) >= 11 is 0. The second-order valence-electron chi connectivity index (χ2n) is 3.54. The Kier molecular flexibility index (Phi) is 4.69. The van der Waals surface area contributed by atoms with Gasteiger partial charge in [-0.05, 0) is 25.5 Å². The van der Waals surface area contributed by atoms with E-state index in [1.54, 1.807) is 26.0 Å². The highest BCUT2D eigenvalue weighted by Crippen LogP contribution is 2.18. The average Bonchev–Trinajstić information content (AvgIpc) is 2.29. The van der Waals surface area contributed by atoms with Crippen LogP contribution in [-0.4, -0.2) is 26.7 Å². The summed E-state index contributed by atoms with van der Waals surface area (Å²) in [5, 5.41) is 0. The number of carbonyl (C=O) groups excluding carboxylic acids is 1. The summed E-state index contributed by atoms with van der Waals surface area (Å²) in [4.78, 5) is 11.7. The van der Waals surface area contributed by atoms with Gasteiger partial charge in [0.25, 0.3) is 0 Å². The molecular formula is C12H16O4S. The fraction of sp³-hybridized carbons (Fsp3) is 0.417. The molecule has 0 spiro atoms. The third kappa shape index (κ3) is 3.30. The molecule has 0 N–H and O–H groups in total. The summed E-state index contributed by atoms with van der Waals surface area (Å²) in [6, 6.07) is 6.14. The van der Waals surface area contributed by atoms with Crippen LogP contribution in [0, 0.1) is 0 Å². The fourth-order valence-electron chi connectivity index (χ4n) is 1.49. The molecule has 0 amide bonds. The van der Waals surface area contributed by atoms with Crippen LogP contribution < -0.4 is 0 Å². The van der Waals surface area contributed by atoms with E-state index in [-0.39, 0.29) is 22.8 Å². The van der Waals surface area contributed by atoms with E-state index in [9.17, 15) is 13.2 Å². The molecule has 5 heteroatoms. The molecule has 0 aliphatic carbocycles. The number of carbonyl (C=O) groups is 1. The standard InChI is InChI=1S/C12H16O4S/c1-3-9-17(14,15)11-8-6-5-7-10(11)12(13)16-4-2/h5-8H,3-4,9H2,1-2H3. The Morgan fingerprint density at radius 2 is 1.88 bits per heavy atom. The van der Waals surface area contributed by atoms with Crippen LogP contribution in [0.15, 0.2) is 29.2 Å². The highest BCUT2D eigenvalue weighted by atomic mass is 32.2. The van der Waals surface area contributed by atoms with Gasteiger partial charge in [0.05, 0.1) is 22.8 Å². The van der Waals surface area contributed by atoms with Crippen molar-refractivity contribution in [1.82, 2.24) is 0 Å². The van der Waals surface area contributed by atoms with Gasteiger partial charge in [0.15, 0.2) is 9.84 Å². The number of sulfone groups is 1. The molecule has 0 unspecified atom stereocenters. The Morgan fingerprint density at radius 3 is 2.47 bits per heavy atom. The first-order chi connectivity index (χ1) is 8.03. The molecule has 0 saturated heterocycles.